The fraction of sp³-hybridized carbons (Fsp3) is 0.280. The summed E-state index contributed by atoms with van der Waals surface area (Å²) in [5.41, 5.74) is 5.25. The molecule has 1 N–H and O–H groups in total. The van der Waals surface area contributed by atoms with Crippen LogP contribution in [0.4, 0.5) is 26.3 Å². The van der Waals surface area contributed by atoms with E-state index >= 15 is 0 Å². The molecule has 0 aliphatic carbocycles. The molecule has 6 aromatic carbocycles. The van der Waals surface area contributed by atoms with Gasteiger partial charge in [0, 0.05) is 64.4 Å². The first-order chi connectivity index (χ1) is 29.0. The van der Waals surface area contributed by atoms with E-state index in [0.717, 1.165) is 82.2 Å². The van der Waals surface area contributed by atoms with Crippen molar-refractivity contribution in [3.05, 3.63) is 191 Å². The Bertz CT molecular complexity index is 2240. The van der Waals surface area contributed by atoms with E-state index in [2.05, 4.69) is 63.3 Å². The molecule has 2 saturated heterocycles. The molecule has 2 atom stereocenters. The first kappa shape index (κ1) is 42.8. The Morgan fingerprint density at radius 2 is 0.950 bits per heavy atom. The molecule has 60 heavy (non-hydrogen) atoms. The van der Waals surface area contributed by atoms with Crippen LogP contribution in [0.15, 0.2) is 158 Å². The molecule has 2 aliphatic heterocycles. The molecule has 2 fully saturated rings. The van der Waals surface area contributed by atoms with Crippen LogP contribution < -0.4 is 5.32 Å². The molecular formula is C50H50F6N4. The van der Waals surface area contributed by atoms with E-state index in [1.165, 1.54) is 35.4 Å². The number of rotatable bonds is 9. The van der Waals surface area contributed by atoms with Gasteiger partial charge in [-0.3, -0.25) is 14.7 Å². The van der Waals surface area contributed by atoms with Gasteiger partial charge in [-0.1, -0.05) is 153 Å². The van der Waals surface area contributed by atoms with Crippen LogP contribution in [0.3, 0.4) is 0 Å². The second-order valence-corrected chi connectivity index (χ2v) is 15.4. The molecule has 4 nitrogen and oxygen atoms in total. The van der Waals surface area contributed by atoms with Crippen LogP contribution in [0.25, 0.3) is 22.3 Å². The van der Waals surface area contributed by atoms with E-state index in [0.29, 0.717) is 23.2 Å². The number of hydrogen-bond donors (Lipinski definition) is 1. The Kier molecular flexibility index (Phi) is 13.9. The van der Waals surface area contributed by atoms with Gasteiger partial charge in [-0.2, -0.15) is 26.3 Å². The number of nitrogens with zero attached hydrogens (tertiary/aromatic N) is 3. The van der Waals surface area contributed by atoms with Crippen LogP contribution in [0.5, 0.6) is 0 Å². The highest BCUT2D eigenvalue weighted by molar-refractivity contribution is 5.69. The summed E-state index contributed by atoms with van der Waals surface area (Å²) in [7, 11) is 0. The first-order valence-electron chi connectivity index (χ1n) is 20.5. The van der Waals surface area contributed by atoms with Gasteiger partial charge in [-0.05, 0) is 63.2 Å². The SMILES string of the molecule is CCN1CCN(Cc2ccc(-c3ccccc3C(F)(F)F)cc2)CC1c1ccccc1.FC(F)(F)c1ccccc1-c1ccc(CN2CCNC(c3ccccc3)C2)cc1. The molecule has 2 heterocycles. The van der Waals surface area contributed by atoms with Crippen molar-refractivity contribution in [1.82, 2.24) is 20.0 Å². The number of likely N-dealkylation sites (N-methyl/N-ethyl adjacent to an activating group) is 1. The summed E-state index contributed by atoms with van der Waals surface area (Å²) in [5.74, 6) is 0. The molecule has 0 saturated carbocycles. The predicted octanol–water partition coefficient (Wildman–Crippen LogP) is 11.8. The maximum absolute atomic E-state index is 13.3. The number of halogens is 6. The summed E-state index contributed by atoms with van der Waals surface area (Å²) in [6, 6.07) is 48.0. The zero-order valence-corrected chi connectivity index (χ0v) is 33.6. The van der Waals surface area contributed by atoms with Gasteiger partial charge >= 0.3 is 12.4 Å². The summed E-state index contributed by atoms with van der Waals surface area (Å²) in [6.07, 6.45) is -8.72. The molecule has 10 heteroatoms. The summed E-state index contributed by atoms with van der Waals surface area (Å²) < 4.78 is 79.9. The van der Waals surface area contributed by atoms with Crippen LogP contribution in [0.2, 0.25) is 0 Å². The smallest absolute Gasteiger partial charge is 0.308 e. The molecule has 2 unspecified atom stereocenters. The van der Waals surface area contributed by atoms with Crippen LogP contribution >= 0.6 is 0 Å². The van der Waals surface area contributed by atoms with Gasteiger partial charge in [0.05, 0.1) is 11.1 Å². The quantitative estimate of drug-likeness (QED) is 0.147. The van der Waals surface area contributed by atoms with Gasteiger partial charge in [-0.15, -0.1) is 0 Å². The number of nitrogens with one attached hydrogen (secondary N) is 1. The zero-order valence-electron chi connectivity index (χ0n) is 33.6. The van der Waals surface area contributed by atoms with E-state index in [1.54, 1.807) is 36.4 Å². The van der Waals surface area contributed by atoms with Crippen molar-refractivity contribution in [2.45, 2.75) is 44.4 Å². The summed E-state index contributed by atoms with van der Waals surface area (Å²) in [6.45, 7) is 10.5. The van der Waals surface area contributed by atoms with Crippen molar-refractivity contribution in [3.63, 3.8) is 0 Å². The first-order valence-corrected chi connectivity index (χ1v) is 20.5. The lowest BCUT2D eigenvalue weighted by Gasteiger charge is -2.41. The third kappa shape index (κ3) is 10.9. The normalized spacial score (nSPS) is 18.1. The third-order valence-corrected chi connectivity index (χ3v) is 11.4. The number of piperazine rings is 2. The number of benzene rings is 6. The minimum Gasteiger partial charge on any atom is -0.308 e. The van der Waals surface area contributed by atoms with Crippen molar-refractivity contribution in [1.29, 1.82) is 0 Å². The fourth-order valence-electron chi connectivity index (χ4n) is 8.31. The second kappa shape index (κ2) is 19.4. The van der Waals surface area contributed by atoms with Gasteiger partial charge in [-0.25, -0.2) is 0 Å². The highest BCUT2D eigenvalue weighted by Crippen LogP contribution is 2.38. The van der Waals surface area contributed by atoms with E-state index in [9.17, 15) is 26.3 Å². The van der Waals surface area contributed by atoms with Crippen molar-refractivity contribution < 1.29 is 26.3 Å². The zero-order chi connectivity index (χ0) is 42.1. The highest BCUT2D eigenvalue weighted by atomic mass is 19.4. The van der Waals surface area contributed by atoms with Crippen LogP contribution in [0, 0.1) is 0 Å². The van der Waals surface area contributed by atoms with Crippen LogP contribution in [-0.4, -0.2) is 60.5 Å². The monoisotopic (exact) mass is 820 g/mol. The van der Waals surface area contributed by atoms with E-state index in [1.807, 2.05) is 48.5 Å². The molecular weight excluding hydrogens is 771 g/mol. The molecule has 0 radical (unpaired) electrons. The fourth-order valence-corrected chi connectivity index (χ4v) is 8.31. The Hall–Kier alpha value is -5.26. The third-order valence-electron chi connectivity index (χ3n) is 11.4. The van der Waals surface area contributed by atoms with Gasteiger partial charge in [0.2, 0.25) is 0 Å². The average Bonchev–Trinajstić information content (AvgIpc) is 3.27. The average molecular weight is 821 g/mol. The largest absolute Gasteiger partial charge is 0.417 e. The van der Waals surface area contributed by atoms with Crippen molar-refractivity contribution in [3.8, 4) is 22.3 Å². The van der Waals surface area contributed by atoms with Gasteiger partial charge in [0.25, 0.3) is 0 Å². The van der Waals surface area contributed by atoms with Crippen molar-refractivity contribution in [2.75, 3.05) is 45.8 Å². The summed E-state index contributed by atoms with van der Waals surface area (Å²) in [4.78, 5) is 7.32. The lowest BCUT2D eigenvalue weighted by Crippen LogP contribution is -2.47. The Morgan fingerprint density at radius 3 is 1.43 bits per heavy atom. The van der Waals surface area contributed by atoms with Crippen molar-refractivity contribution in [2.24, 2.45) is 0 Å². The highest BCUT2D eigenvalue weighted by Gasteiger charge is 2.34. The van der Waals surface area contributed by atoms with Gasteiger partial charge in [0.15, 0.2) is 0 Å². The number of hydrogen-bond acceptors (Lipinski definition) is 4. The Morgan fingerprint density at radius 1 is 0.500 bits per heavy atom. The molecule has 0 amide bonds. The minimum atomic E-state index is -4.36. The van der Waals surface area contributed by atoms with E-state index in [4.69, 9.17) is 0 Å². The lowest BCUT2D eigenvalue weighted by atomic mass is 9.98. The topological polar surface area (TPSA) is 21.8 Å². The minimum absolute atomic E-state index is 0.220. The Labute approximate surface area is 349 Å². The van der Waals surface area contributed by atoms with Gasteiger partial charge in [0.1, 0.15) is 0 Å². The molecule has 8 rings (SSSR count). The number of alkyl halides is 6. The molecule has 0 spiro atoms. The Balaban J connectivity index is 0.000000182. The maximum Gasteiger partial charge on any atom is 0.417 e. The summed E-state index contributed by atoms with van der Waals surface area (Å²) >= 11 is 0. The maximum atomic E-state index is 13.3. The summed E-state index contributed by atoms with van der Waals surface area (Å²) in [5, 5.41) is 3.55. The standard InChI is InChI=1S/C26H27F3N2.C24H23F3N2/c1-2-31-17-16-30(19-25(31)22-8-4-3-5-9-22)18-20-12-14-21(15-13-20)23-10-6-7-11-24(23)26(27,28)29;25-24(26,27)22-9-5-4-8-21(22)19-12-10-18(11-13-19)16-29-15-14-28-23(17-29)20-6-2-1-3-7-20/h3-15,25H,2,16-19H2,1H3;1-13,23,28H,14-17H2. The molecule has 312 valence electrons. The lowest BCUT2D eigenvalue weighted by molar-refractivity contribution is -0.137. The van der Waals surface area contributed by atoms with E-state index < -0.39 is 23.5 Å². The molecule has 0 bridgehead atoms. The van der Waals surface area contributed by atoms with Crippen molar-refractivity contribution >= 4 is 0 Å². The van der Waals surface area contributed by atoms with Crippen LogP contribution in [0.1, 0.15) is 52.4 Å². The molecule has 0 aromatic heterocycles. The molecule has 2 aliphatic rings. The van der Waals surface area contributed by atoms with E-state index in [-0.39, 0.29) is 11.1 Å². The predicted molar refractivity (Wildman–Crippen MR) is 228 cm³/mol. The molecule has 6 aromatic rings. The van der Waals surface area contributed by atoms with Crippen LogP contribution in [-0.2, 0) is 25.4 Å². The second-order valence-electron chi connectivity index (χ2n) is 15.4. The van der Waals surface area contributed by atoms with Gasteiger partial charge < -0.3 is 5.32 Å².